The van der Waals surface area contributed by atoms with Gasteiger partial charge in [0.1, 0.15) is 0 Å². The highest BCUT2D eigenvalue weighted by Crippen LogP contribution is 2.59. The van der Waals surface area contributed by atoms with Crippen molar-refractivity contribution in [1.29, 1.82) is 0 Å². The molecule has 0 aliphatic heterocycles. The van der Waals surface area contributed by atoms with Crippen molar-refractivity contribution in [2.24, 2.45) is 5.41 Å². The van der Waals surface area contributed by atoms with Crippen LogP contribution in [0.15, 0.2) is 99.5 Å². The van der Waals surface area contributed by atoms with Crippen molar-refractivity contribution in [3.63, 3.8) is 0 Å². The smallest absolute Gasteiger partial charge is 0.0710 e. The van der Waals surface area contributed by atoms with E-state index in [0.29, 0.717) is 0 Å². The molecule has 0 N–H and O–H groups in total. The highest BCUT2D eigenvalue weighted by molar-refractivity contribution is 9.10. The van der Waals surface area contributed by atoms with Gasteiger partial charge >= 0.3 is 0 Å². The van der Waals surface area contributed by atoms with Crippen molar-refractivity contribution >= 4 is 37.4 Å². The Kier molecular flexibility index (Phi) is 4.49. The fraction of sp³-hybridized carbons (Fsp3) is 0.185. The summed E-state index contributed by atoms with van der Waals surface area (Å²) in [5.41, 5.74) is 8.04. The summed E-state index contributed by atoms with van der Waals surface area (Å²) in [5.74, 6) is 0. The Morgan fingerprint density at radius 2 is 1.28 bits per heavy atom. The summed E-state index contributed by atoms with van der Waals surface area (Å²) in [6.45, 7) is 4.66. The quantitative estimate of drug-likeness (QED) is 0.328. The van der Waals surface area contributed by atoms with Crippen LogP contribution in [0.4, 0.5) is 0 Å². The van der Waals surface area contributed by atoms with Crippen LogP contribution in [-0.4, -0.2) is 0 Å². The molecular formula is C27H22Br2. The molecule has 0 saturated carbocycles. The lowest BCUT2D eigenvalue weighted by Crippen LogP contribution is -2.29. The Labute approximate surface area is 189 Å². The van der Waals surface area contributed by atoms with Gasteiger partial charge in [-0.05, 0) is 69.5 Å². The van der Waals surface area contributed by atoms with E-state index in [9.17, 15) is 0 Å². The third kappa shape index (κ3) is 2.92. The summed E-state index contributed by atoms with van der Waals surface area (Å²) in [6.07, 6.45) is 6.02. The second-order valence-corrected chi connectivity index (χ2v) is 10.5. The molecule has 2 heteroatoms. The molecule has 0 fully saturated rings. The van der Waals surface area contributed by atoms with Crippen LogP contribution in [0, 0.1) is 5.41 Å². The van der Waals surface area contributed by atoms with Gasteiger partial charge in [-0.25, -0.2) is 0 Å². The Hall–Kier alpha value is -1.90. The monoisotopic (exact) mass is 504 g/mol. The zero-order valence-corrected chi connectivity index (χ0v) is 19.7. The molecule has 0 heterocycles. The van der Waals surface area contributed by atoms with Gasteiger partial charge in [-0.1, -0.05) is 106 Å². The molecule has 0 saturated heterocycles. The zero-order valence-electron chi connectivity index (χ0n) is 16.5. The molecule has 0 amide bonds. The van der Waals surface area contributed by atoms with E-state index in [-0.39, 0.29) is 10.8 Å². The molecule has 2 aliphatic carbocycles. The van der Waals surface area contributed by atoms with E-state index in [0.717, 1.165) is 15.4 Å². The van der Waals surface area contributed by atoms with Crippen LogP contribution in [-0.2, 0) is 5.41 Å². The molecule has 0 spiro atoms. The minimum absolute atomic E-state index is 0.168. The molecule has 144 valence electrons. The average molecular weight is 506 g/mol. The summed E-state index contributed by atoms with van der Waals surface area (Å²) in [7, 11) is 0. The maximum absolute atomic E-state index is 3.62. The van der Waals surface area contributed by atoms with Crippen molar-refractivity contribution in [2.75, 3.05) is 0 Å². The highest BCUT2D eigenvalue weighted by Gasteiger charge is 2.49. The van der Waals surface area contributed by atoms with E-state index in [4.69, 9.17) is 0 Å². The fourth-order valence-electron chi connectivity index (χ4n) is 4.96. The largest absolute Gasteiger partial charge is 0.0783 e. The van der Waals surface area contributed by atoms with Gasteiger partial charge < -0.3 is 0 Å². The number of halogens is 2. The summed E-state index contributed by atoms with van der Waals surface area (Å²) in [4.78, 5) is 0. The van der Waals surface area contributed by atoms with E-state index < -0.39 is 0 Å². The van der Waals surface area contributed by atoms with Gasteiger partial charge in [0.15, 0.2) is 0 Å². The number of allylic oxidation sites excluding steroid dienone is 4. The van der Waals surface area contributed by atoms with Crippen LogP contribution in [0.1, 0.15) is 42.5 Å². The van der Waals surface area contributed by atoms with Gasteiger partial charge in [-0.3, -0.25) is 0 Å². The van der Waals surface area contributed by atoms with E-state index in [1.165, 1.54) is 33.4 Å². The van der Waals surface area contributed by atoms with Crippen LogP contribution in [0.25, 0.3) is 5.57 Å². The van der Waals surface area contributed by atoms with Crippen LogP contribution in [0.3, 0.4) is 0 Å². The lowest BCUT2D eigenvalue weighted by atomic mass is 9.65. The maximum atomic E-state index is 3.62. The molecule has 2 aliphatic rings. The van der Waals surface area contributed by atoms with Crippen molar-refractivity contribution in [3.05, 3.63) is 122 Å². The van der Waals surface area contributed by atoms with Crippen LogP contribution < -0.4 is 0 Å². The summed E-state index contributed by atoms with van der Waals surface area (Å²) >= 11 is 7.24. The SMILES string of the molecule is CC1(C)C=C2C(=CC1)C(c1ccc(Br)cc1)(c1ccc(Br)cc1)c1ccccc12. The van der Waals surface area contributed by atoms with Crippen molar-refractivity contribution in [3.8, 4) is 0 Å². The molecule has 0 atom stereocenters. The number of hydrogen-bond donors (Lipinski definition) is 0. The number of benzene rings is 3. The molecular weight excluding hydrogens is 484 g/mol. The first kappa shape index (κ1) is 19.1. The first-order chi connectivity index (χ1) is 13.9. The Morgan fingerprint density at radius 3 is 1.86 bits per heavy atom. The number of rotatable bonds is 2. The van der Waals surface area contributed by atoms with E-state index in [1.54, 1.807) is 0 Å². The van der Waals surface area contributed by atoms with Gasteiger partial charge in [-0.2, -0.15) is 0 Å². The molecule has 3 aromatic rings. The third-order valence-corrected chi connectivity index (χ3v) is 7.29. The van der Waals surface area contributed by atoms with E-state index in [2.05, 4.69) is 131 Å². The fourth-order valence-corrected chi connectivity index (χ4v) is 5.49. The zero-order chi connectivity index (χ0) is 20.2. The molecule has 0 nitrogen and oxygen atoms in total. The van der Waals surface area contributed by atoms with E-state index in [1.807, 2.05) is 0 Å². The predicted octanol–water partition coefficient (Wildman–Crippen LogP) is 8.30. The van der Waals surface area contributed by atoms with Gasteiger partial charge in [0.2, 0.25) is 0 Å². The number of hydrogen-bond acceptors (Lipinski definition) is 0. The normalized spacial score (nSPS) is 18.5. The summed E-state index contributed by atoms with van der Waals surface area (Å²) < 4.78 is 2.21. The van der Waals surface area contributed by atoms with Gasteiger partial charge in [-0.15, -0.1) is 0 Å². The minimum atomic E-state index is -0.291. The van der Waals surface area contributed by atoms with Crippen molar-refractivity contribution in [1.82, 2.24) is 0 Å². The topological polar surface area (TPSA) is 0 Å². The molecule has 0 bridgehead atoms. The van der Waals surface area contributed by atoms with Crippen LogP contribution in [0.5, 0.6) is 0 Å². The third-order valence-electron chi connectivity index (χ3n) is 6.24. The van der Waals surface area contributed by atoms with Crippen LogP contribution in [0.2, 0.25) is 0 Å². The van der Waals surface area contributed by atoms with Gasteiger partial charge in [0.05, 0.1) is 5.41 Å². The lowest BCUT2D eigenvalue weighted by Gasteiger charge is -2.36. The maximum Gasteiger partial charge on any atom is 0.0710 e. The van der Waals surface area contributed by atoms with Crippen molar-refractivity contribution < 1.29 is 0 Å². The van der Waals surface area contributed by atoms with Crippen LogP contribution >= 0.6 is 31.9 Å². The van der Waals surface area contributed by atoms with Gasteiger partial charge in [0.25, 0.3) is 0 Å². The lowest BCUT2D eigenvalue weighted by molar-refractivity contribution is 0.482. The average Bonchev–Trinajstić information content (AvgIpc) is 2.99. The Balaban J connectivity index is 1.90. The minimum Gasteiger partial charge on any atom is -0.0783 e. The standard InChI is InChI=1S/C27H22Br2/c1-26(2)16-15-25-23(17-26)22-5-3-4-6-24(22)27(25,18-7-11-20(28)12-8-18)19-9-13-21(29)14-10-19/h3-15,17H,16H2,1-2H3. The Morgan fingerprint density at radius 1 is 0.724 bits per heavy atom. The van der Waals surface area contributed by atoms with Gasteiger partial charge in [0, 0.05) is 8.95 Å². The predicted molar refractivity (Wildman–Crippen MR) is 129 cm³/mol. The number of fused-ring (bicyclic) bond motifs is 3. The Bertz CT molecular complexity index is 1100. The molecule has 0 unspecified atom stereocenters. The summed E-state index contributed by atoms with van der Waals surface area (Å²) in [5, 5.41) is 0. The molecule has 3 aromatic carbocycles. The second-order valence-electron chi connectivity index (χ2n) is 8.68. The molecule has 0 radical (unpaired) electrons. The highest BCUT2D eigenvalue weighted by atomic mass is 79.9. The van der Waals surface area contributed by atoms with E-state index >= 15 is 0 Å². The van der Waals surface area contributed by atoms with Crippen molar-refractivity contribution in [2.45, 2.75) is 25.7 Å². The molecule has 5 rings (SSSR count). The molecule has 0 aromatic heterocycles. The second kappa shape index (κ2) is 6.82. The molecule has 29 heavy (non-hydrogen) atoms. The summed E-state index contributed by atoms with van der Waals surface area (Å²) in [6, 6.07) is 26.7. The first-order valence-electron chi connectivity index (χ1n) is 9.98. The first-order valence-corrected chi connectivity index (χ1v) is 11.6.